The summed E-state index contributed by atoms with van der Waals surface area (Å²) in [5, 5.41) is 0. The van der Waals surface area contributed by atoms with Crippen LogP contribution in [0.5, 0.6) is 0 Å². The summed E-state index contributed by atoms with van der Waals surface area (Å²) in [7, 11) is 0. The van der Waals surface area contributed by atoms with Gasteiger partial charge < -0.3 is 9.47 Å². The summed E-state index contributed by atoms with van der Waals surface area (Å²) in [4.78, 5) is 37.8. The van der Waals surface area contributed by atoms with Crippen molar-refractivity contribution >= 4 is 17.7 Å². The highest BCUT2D eigenvalue weighted by Gasteiger charge is 2.62. The predicted molar refractivity (Wildman–Crippen MR) is 101 cm³/mol. The molecule has 1 saturated carbocycles. The Kier molecular flexibility index (Phi) is 5.08. The van der Waals surface area contributed by atoms with E-state index in [0.717, 1.165) is 0 Å². The van der Waals surface area contributed by atoms with Gasteiger partial charge in [0.05, 0.1) is 11.3 Å². The lowest BCUT2D eigenvalue weighted by Crippen LogP contribution is -2.49. The van der Waals surface area contributed by atoms with Crippen LogP contribution in [0.1, 0.15) is 47.5 Å². The molecule has 7 atom stereocenters. The van der Waals surface area contributed by atoms with Gasteiger partial charge in [-0.15, -0.1) is 0 Å². The Bertz CT molecular complexity index is 705. The van der Waals surface area contributed by atoms with Crippen molar-refractivity contribution in [2.45, 2.75) is 59.7 Å². The fourth-order valence-corrected chi connectivity index (χ4v) is 4.83. The highest BCUT2D eigenvalue weighted by molar-refractivity contribution is 5.99. The normalized spacial score (nSPS) is 39.0. The van der Waals surface area contributed by atoms with E-state index in [2.05, 4.69) is 27.4 Å². The Morgan fingerprint density at radius 1 is 1.37 bits per heavy atom. The molecule has 1 heterocycles. The number of rotatable bonds is 4. The molecule has 2 aliphatic carbocycles. The van der Waals surface area contributed by atoms with Crippen molar-refractivity contribution in [3.8, 4) is 0 Å². The first-order valence-corrected chi connectivity index (χ1v) is 9.89. The second-order valence-electron chi connectivity index (χ2n) is 9.08. The Balaban J connectivity index is 1.97. The summed E-state index contributed by atoms with van der Waals surface area (Å²) in [6, 6.07) is 0. The molecule has 0 aromatic carbocycles. The lowest BCUT2D eigenvalue weighted by molar-refractivity contribution is -0.166. The average Bonchev–Trinajstić information content (AvgIpc) is 3.00. The maximum Gasteiger partial charge on any atom is 0.334 e. The van der Waals surface area contributed by atoms with E-state index in [0.29, 0.717) is 17.9 Å². The first-order chi connectivity index (χ1) is 12.6. The summed E-state index contributed by atoms with van der Waals surface area (Å²) < 4.78 is 11.5. The van der Waals surface area contributed by atoms with Crippen molar-refractivity contribution in [2.24, 2.45) is 35.0 Å². The van der Waals surface area contributed by atoms with E-state index in [1.807, 2.05) is 19.9 Å². The number of carbonyl (C=O) groups excluding carboxylic acids is 3. The number of carbonyl (C=O) groups is 3. The van der Waals surface area contributed by atoms with Crippen molar-refractivity contribution in [1.82, 2.24) is 0 Å². The summed E-state index contributed by atoms with van der Waals surface area (Å²) in [5.41, 5.74) is -0.588. The van der Waals surface area contributed by atoms with Crippen LogP contribution in [-0.4, -0.2) is 29.9 Å². The maximum absolute atomic E-state index is 12.9. The number of esters is 2. The number of allylic oxidation sites excluding steroid dienone is 2. The summed E-state index contributed by atoms with van der Waals surface area (Å²) in [5.74, 6) is -0.716. The molecule has 3 aliphatic rings. The predicted octanol–water partition coefficient (Wildman–Crippen LogP) is 3.48. The molecule has 3 rings (SSSR count). The largest absolute Gasteiger partial charge is 0.460 e. The molecule has 1 saturated heterocycles. The Morgan fingerprint density at radius 2 is 2.04 bits per heavy atom. The molecule has 0 bridgehead atoms. The van der Waals surface area contributed by atoms with Gasteiger partial charge in [-0.25, -0.2) is 4.79 Å². The van der Waals surface area contributed by atoms with Crippen LogP contribution in [0.2, 0.25) is 0 Å². The molecular weight excluding hydrogens is 344 g/mol. The zero-order chi connectivity index (χ0) is 20.1. The number of hydrogen-bond donors (Lipinski definition) is 0. The average molecular weight is 374 g/mol. The van der Waals surface area contributed by atoms with Crippen LogP contribution in [0.4, 0.5) is 0 Å². The summed E-state index contributed by atoms with van der Waals surface area (Å²) >= 11 is 0. The van der Waals surface area contributed by atoms with Gasteiger partial charge in [0.25, 0.3) is 0 Å². The number of ketones is 1. The van der Waals surface area contributed by atoms with E-state index >= 15 is 0 Å². The van der Waals surface area contributed by atoms with Gasteiger partial charge in [-0.1, -0.05) is 40.3 Å². The lowest BCUT2D eigenvalue weighted by atomic mass is 9.67. The molecule has 1 unspecified atom stereocenters. The van der Waals surface area contributed by atoms with Gasteiger partial charge >= 0.3 is 11.9 Å². The van der Waals surface area contributed by atoms with Crippen LogP contribution in [-0.2, 0) is 23.9 Å². The summed E-state index contributed by atoms with van der Waals surface area (Å²) in [6.45, 7) is 14.0. The highest BCUT2D eigenvalue weighted by atomic mass is 16.6. The second-order valence-corrected chi connectivity index (χ2v) is 9.08. The van der Waals surface area contributed by atoms with Crippen molar-refractivity contribution in [3.05, 3.63) is 24.3 Å². The quantitative estimate of drug-likeness (QED) is 0.557. The minimum Gasteiger partial charge on any atom is -0.460 e. The molecule has 2 fully saturated rings. The first kappa shape index (κ1) is 19.8. The highest BCUT2D eigenvalue weighted by Crippen LogP contribution is 2.54. The monoisotopic (exact) mass is 374 g/mol. The molecule has 1 aliphatic heterocycles. The lowest BCUT2D eigenvalue weighted by Gasteiger charge is -2.39. The van der Waals surface area contributed by atoms with Crippen LogP contribution < -0.4 is 0 Å². The third-order valence-corrected chi connectivity index (χ3v) is 7.02. The van der Waals surface area contributed by atoms with E-state index in [4.69, 9.17) is 9.47 Å². The van der Waals surface area contributed by atoms with Gasteiger partial charge in [-0.2, -0.15) is 0 Å². The molecule has 0 N–H and O–H groups in total. The van der Waals surface area contributed by atoms with Gasteiger partial charge in [0.2, 0.25) is 0 Å². The molecule has 0 amide bonds. The third-order valence-electron chi connectivity index (χ3n) is 7.02. The SMILES string of the molecule is C=C1C(=O)O[C@@H]2C[C@@H](C)[C@@H]3C=CC(=O)[C@@]3(C)[C@@H](OC(=O)CC(C)C(C)C)[C@H]12. The number of fused-ring (bicyclic) bond motifs is 2. The molecule has 0 aromatic heterocycles. The van der Waals surface area contributed by atoms with E-state index < -0.39 is 29.5 Å². The van der Waals surface area contributed by atoms with Crippen LogP contribution in [0.15, 0.2) is 24.3 Å². The topological polar surface area (TPSA) is 69.7 Å². The Hall–Kier alpha value is -1.91. The van der Waals surface area contributed by atoms with Crippen molar-refractivity contribution in [1.29, 1.82) is 0 Å². The smallest absolute Gasteiger partial charge is 0.334 e. The summed E-state index contributed by atoms with van der Waals surface area (Å²) in [6.07, 6.45) is 3.29. The van der Waals surface area contributed by atoms with Gasteiger partial charge in [-0.3, -0.25) is 9.59 Å². The van der Waals surface area contributed by atoms with Crippen LogP contribution in [0.3, 0.4) is 0 Å². The van der Waals surface area contributed by atoms with Crippen LogP contribution in [0, 0.1) is 35.0 Å². The van der Waals surface area contributed by atoms with E-state index in [9.17, 15) is 14.4 Å². The van der Waals surface area contributed by atoms with Gasteiger partial charge in [0.1, 0.15) is 12.2 Å². The third kappa shape index (κ3) is 3.15. The molecule has 148 valence electrons. The number of hydrogen-bond acceptors (Lipinski definition) is 5. The molecule has 0 spiro atoms. The van der Waals surface area contributed by atoms with Crippen molar-refractivity contribution in [3.63, 3.8) is 0 Å². The molecule has 0 radical (unpaired) electrons. The standard InChI is InChI=1S/C22H30O5/c1-11(2)12(3)10-18(24)27-20-19-14(5)21(25)26-16(19)9-13(4)15-7-8-17(23)22(15,20)6/h7-8,11-13,15-16,19-20H,5,9-10H2,1-4,6H3/t12?,13-,15+,16-,19-,20+,22+/m1/s1. The van der Waals surface area contributed by atoms with Crippen LogP contribution >= 0.6 is 0 Å². The molecule has 5 nitrogen and oxygen atoms in total. The second kappa shape index (κ2) is 6.92. The van der Waals surface area contributed by atoms with Crippen molar-refractivity contribution < 1.29 is 23.9 Å². The van der Waals surface area contributed by atoms with Gasteiger partial charge in [0.15, 0.2) is 5.78 Å². The van der Waals surface area contributed by atoms with Crippen LogP contribution in [0.25, 0.3) is 0 Å². The number of ether oxygens (including phenoxy) is 2. The fraction of sp³-hybridized carbons (Fsp3) is 0.682. The molecule has 5 heteroatoms. The fourth-order valence-electron chi connectivity index (χ4n) is 4.83. The Morgan fingerprint density at radius 3 is 2.67 bits per heavy atom. The zero-order valence-electron chi connectivity index (χ0n) is 16.9. The van der Waals surface area contributed by atoms with E-state index in [1.54, 1.807) is 6.08 Å². The minimum absolute atomic E-state index is 0.0533. The minimum atomic E-state index is -0.896. The van der Waals surface area contributed by atoms with Gasteiger partial charge in [0, 0.05) is 12.0 Å². The molecular formula is C22H30O5. The first-order valence-electron chi connectivity index (χ1n) is 9.89. The Labute approximate surface area is 161 Å². The zero-order valence-corrected chi connectivity index (χ0v) is 16.9. The van der Waals surface area contributed by atoms with E-state index in [-0.39, 0.29) is 35.9 Å². The molecule has 27 heavy (non-hydrogen) atoms. The van der Waals surface area contributed by atoms with Crippen molar-refractivity contribution in [2.75, 3.05) is 0 Å². The molecule has 0 aromatic rings. The van der Waals surface area contributed by atoms with E-state index in [1.165, 1.54) is 0 Å². The van der Waals surface area contributed by atoms with Gasteiger partial charge in [-0.05, 0) is 43.1 Å². The maximum atomic E-state index is 12.9.